The monoisotopic (exact) mass is 441 g/mol. The second-order valence-electron chi connectivity index (χ2n) is 8.80. The molecule has 170 valence electrons. The average Bonchev–Trinajstić information content (AvgIpc) is 2.86. The Morgan fingerprint density at radius 2 is 1.52 bits per heavy atom. The molecule has 0 amide bonds. The molecule has 1 atom stereocenters. The molecule has 1 aliphatic rings. The fraction of sp³-hybridized carbons (Fsp3) is 0.321. The molecular weight excluding hydrogens is 410 g/mol. The fourth-order valence-electron chi connectivity index (χ4n) is 5.12. The molecule has 1 heterocycles. The lowest BCUT2D eigenvalue weighted by Crippen LogP contribution is -2.48. The summed E-state index contributed by atoms with van der Waals surface area (Å²) >= 11 is 0. The lowest BCUT2D eigenvalue weighted by molar-refractivity contribution is -0.121. The normalized spacial score (nSPS) is 16.2. The minimum Gasteiger partial charge on any atom is -0.367 e. The van der Waals surface area contributed by atoms with Gasteiger partial charge in [-0.05, 0) is 60.8 Å². The fourth-order valence-corrected chi connectivity index (χ4v) is 5.12. The zero-order valence-corrected chi connectivity index (χ0v) is 19.4. The van der Waals surface area contributed by atoms with Crippen LogP contribution in [0.3, 0.4) is 0 Å². The molecule has 4 rings (SSSR count). The van der Waals surface area contributed by atoms with E-state index in [2.05, 4.69) is 46.2 Å². The van der Waals surface area contributed by atoms with Crippen LogP contribution in [0.4, 0.5) is 11.4 Å². The number of nitrogens with zero attached hydrogens (tertiary/aromatic N) is 3. The Morgan fingerprint density at radius 3 is 2.18 bits per heavy atom. The Kier molecular flexibility index (Phi) is 6.99. The number of nitroso groups, excluding NO2 is 1. The number of carbonyl (C=O) groups is 1. The van der Waals surface area contributed by atoms with Crippen molar-refractivity contribution in [2.24, 2.45) is 5.18 Å². The van der Waals surface area contributed by atoms with E-state index in [4.69, 9.17) is 0 Å². The average molecular weight is 442 g/mol. The van der Waals surface area contributed by atoms with Gasteiger partial charge in [-0.15, -0.1) is 4.91 Å². The molecule has 1 saturated heterocycles. The Bertz CT molecular complexity index is 1110. The third kappa shape index (κ3) is 4.60. The van der Waals surface area contributed by atoms with Gasteiger partial charge >= 0.3 is 0 Å². The number of ketones is 1. The molecule has 3 aromatic rings. The van der Waals surface area contributed by atoms with Crippen LogP contribution in [0.15, 0.2) is 84.0 Å². The van der Waals surface area contributed by atoms with Crippen LogP contribution in [0.25, 0.3) is 0 Å². The highest BCUT2D eigenvalue weighted by atomic mass is 16.3. The second kappa shape index (κ2) is 10.1. The number of para-hydroxylation sites is 1. The molecule has 0 aromatic heterocycles. The molecule has 1 aliphatic heterocycles. The van der Waals surface area contributed by atoms with E-state index >= 15 is 0 Å². The zero-order valence-electron chi connectivity index (χ0n) is 19.4. The Labute approximate surface area is 196 Å². The smallest absolute Gasteiger partial charge is 0.144 e. The molecule has 33 heavy (non-hydrogen) atoms. The van der Waals surface area contributed by atoms with Crippen molar-refractivity contribution in [3.8, 4) is 0 Å². The topological polar surface area (TPSA) is 53.0 Å². The van der Waals surface area contributed by atoms with Gasteiger partial charge in [-0.2, -0.15) is 0 Å². The minimum atomic E-state index is -0.669. The number of piperazine rings is 1. The number of aryl methyl sites for hydroxylation is 1. The van der Waals surface area contributed by atoms with Gasteiger partial charge in [0, 0.05) is 26.2 Å². The first kappa shape index (κ1) is 22.9. The van der Waals surface area contributed by atoms with Crippen LogP contribution in [-0.4, -0.2) is 43.4 Å². The number of rotatable bonds is 8. The predicted molar refractivity (Wildman–Crippen MR) is 134 cm³/mol. The summed E-state index contributed by atoms with van der Waals surface area (Å²) in [4.78, 5) is 29.2. The van der Waals surface area contributed by atoms with Crippen LogP contribution in [0.1, 0.15) is 30.0 Å². The molecule has 5 nitrogen and oxygen atoms in total. The largest absolute Gasteiger partial charge is 0.367 e. The van der Waals surface area contributed by atoms with Gasteiger partial charge in [0.15, 0.2) is 0 Å². The van der Waals surface area contributed by atoms with Gasteiger partial charge in [0.25, 0.3) is 0 Å². The van der Waals surface area contributed by atoms with Gasteiger partial charge in [0.05, 0.1) is 11.1 Å². The number of anilines is 1. The zero-order chi connectivity index (χ0) is 23.3. The molecule has 3 aromatic carbocycles. The van der Waals surface area contributed by atoms with Crippen LogP contribution in [0, 0.1) is 11.8 Å². The van der Waals surface area contributed by atoms with Crippen molar-refractivity contribution in [1.82, 2.24) is 4.90 Å². The highest BCUT2D eigenvalue weighted by Crippen LogP contribution is 2.39. The van der Waals surface area contributed by atoms with Crippen LogP contribution >= 0.6 is 0 Å². The Balaban J connectivity index is 1.55. The maximum absolute atomic E-state index is 13.3. The lowest BCUT2D eigenvalue weighted by atomic mass is 9.68. The van der Waals surface area contributed by atoms with Crippen molar-refractivity contribution in [3.05, 3.63) is 100 Å². The van der Waals surface area contributed by atoms with E-state index in [1.807, 2.05) is 48.5 Å². The summed E-state index contributed by atoms with van der Waals surface area (Å²) in [5.74, 6) is 0.174. The molecule has 0 radical (unpaired) electrons. The van der Waals surface area contributed by atoms with Crippen LogP contribution in [-0.2, 0) is 10.2 Å². The van der Waals surface area contributed by atoms with Gasteiger partial charge in [0.1, 0.15) is 11.5 Å². The SMILES string of the molecule is CC(=O)C(CCN1CCN(c2ccccc2N=O)CC1)(c1ccccc1)c1ccccc1C. The second-order valence-corrected chi connectivity index (χ2v) is 8.80. The molecule has 1 unspecified atom stereocenters. The summed E-state index contributed by atoms with van der Waals surface area (Å²) in [6, 6.07) is 25.9. The van der Waals surface area contributed by atoms with E-state index in [9.17, 15) is 9.70 Å². The molecular formula is C28H31N3O2. The standard InChI is InChI=1S/C28H31N3O2/c1-22-10-6-7-13-25(22)28(23(2)32,24-11-4-3-5-12-24)16-17-30-18-20-31(21-19-30)27-15-9-8-14-26(27)29-33/h3-15H,16-21H2,1-2H3. The summed E-state index contributed by atoms with van der Waals surface area (Å²) < 4.78 is 0. The Morgan fingerprint density at radius 1 is 0.879 bits per heavy atom. The molecule has 0 saturated carbocycles. The molecule has 0 N–H and O–H groups in total. The maximum atomic E-state index is 13.3. The first-order valence-corrected chi connectivity index (χ1v) is 11.6. The van der Waals surface area contributed by atoms with Crippen LogP contribution in [0.5, 0.6) is 0 Å². The lowest BCUT2D eigenvalue weighted by Gasteiger charge is -2.39. The van der Waals surface area contributed by atoms with Gasteiger partial charge in [0.2, 0.25) is 0 Å². The van der Waals surface area contributed by atoms with Crippen molar-refractivity contribution in [2.75, 3.05) is 37.6 Å². The first-order chi connectivity index (χ1) is 16.1. The van der Waals surface area contributed by atoms with Crippen molar-refractivity contribution < 1.29 is 4.79 Å². The molecule has 1 fully saturated rings. The molecule has 5 heteroatoms. The van der Waals surface area contributed by atoms with E-state index in [-0.39, 0.29) is 5.78 Å². The summed E-state index contributed by atoms with van der Waals surface area (Å²) in [7, 11) is 0. The van der Waals surface area contributed by atoms with E-state index in [1.165, 1.54) is 0 Å². The molecule has 0 bridgehead atoms. The van der Waals surface area contributed by atoms with Crippen LogP contribution < -0.4 is 4.90 Å². The number of carbonyl (C=O) groups excluding carboxylic acids is 1. The first-order valence-electron chi connectivity index (χ1n) is 11.6. The highest BCUT2D eigenvalue weighted by molar-refractivity contribution is 5.92. The van der Waals surface area contributed by atoms with E-state index < -0.39 is 5.41 Å². The minimum absolute atomic E-state index is 0.174. The molecule has 0 aliphatic carbocycles. The summed E-state index contributed by atoms with van der Waals surface area (Å²) in [5.41, 5.74) is 4.00. The van der Waals surface area contributed by atoms with Crippen molar-refractivity contribution in [3.63, 3.8) is 0 Å². The quantitative estimate of drug-likeness (QED) is 0.434. The number of hydrogen-bond acceptors (Lipinski definition) is 5. The number of hydrogen-bond donors (Lipinski definition) is 0. The van der Waals surface area contributed by atoms with E-state index in [0.717, 1.165) is 61.5 Å². The van der Waals surface area contributed by atoms with Crippen molar-refractivity contribution in [2.45, 2.75) is 25.7 Å². The van der Waals surface area contributed by atoms with Gasteiger partial charge in [-0.3, -0.25) is 9.69 Å². The highest BCUT2D eigenvalue weighted by Gasteiger charge is 2.40. The van der Waals surface area contributed by atoms with E-state index in [1.54, 1.807) is 13.0 Å². The number of benzene rings is 3. The van der Waals surface area contributed by atoms with Crippen LogP contribution in [0.2, 0.25) is 0 Å². The third-order valence-electron chi connectivity index (χ3n) is 6.97. The number of Topliss-reactive ketones (excluding diaryl/α,β-unsaturated/α-hetero) is 1. The summed E-state index contributed by atoms with van der Waals surface area (Å²) in [5, 5.41) is 3.19. The van der Waals surface area contributed by atoms with Gasteiger partial charge < -0.3 is 4.90 Å². The van der Waals surface area contributed by atoms with E-state index in [0.29, 0.717) is 5.69 Å². The predicted octanol–water partition coefficient (Wildman–Crippen LogP) is 5.48. The van der Waals surface area contributed by atoms with Crippen molar-refractivity contribution >= 4 is 17.2 Å². The van der Waals surface area contributed by atoms with Crippen molar-refractivity contribution in [1.29, 1.82) is 0 Å². The Hall–Kier alpha value is -3.31. The third-order valence-corrected chi connectivity index (χ3v) is 6.97. The summed E-state index contributed by atoms with van der Waals surface area (Å²) in [6.07, 6.45) is 0.726. The molecule has 0 spiro atoms. The van der Waals surface area contributed by atoms with Gasteiger partial charge in [-0.25, -0.2) is 0 Å². The van der Waals surface area contributed by atoms with Gasteiger partial charge in [-0.1, -0.05) is 66.7 Å². The maximum Gasteiger partial charge on any atom is 0.144 e. The summed E-state index contributed by atoms with van der Waals surface area (Å²) in [6.45, 7) is 8.05.